The Balaban J connectivity index is 1.73. The Labute approximate surface area is 119 Å². The highest BCUT2D eigenvalue weighted by Crippen LogP contribution is 2.30. The first-order valence-corrected chi connectivity index (χ1v) is 7.10. The molecule has 1 N–H and O–H groups in total. The number of hydrogen-bond acceptors (Lipinski definition) is 4. The van der Waals surface area contributed by atoms with Gasteiger partial charge < -0.3 is 10.1 Å². The Morgan fingerprint density at radius 2 is 2.30 bits per heavy atom. The fourth-order valence-electron chi connectivity index (χ4n) is 2.76. The van der Waals surface area contributed by atoms with Crippen molar-refractivity contribution in [1.29, 1.82) is 0 Å². The number of benzene rings is 1. The molecule has 1 aliphatic heterocycles. The van der Waals surface area contributed by atoms with Crippen molar-refractivity contribution in [2.75, 3.05) is 7.05 Å². The lowest BCUT2D eigenvalue weighted by molar-refractivity contribution is 0.180. The average molecular weight is 272 g/mol. The first kappa shape index (κ1) is 13.1. The van der Waals surface area contributed by atoms with Crippen molar-refractivity contribution in [2.24, 2.45) is 0 Å². The van der Waals surface area contributed by atoms with Crippen LogP contribution in [0, 0.1) is 0 Å². The quantitative estimate of drug-likeness (QED) is 0.894. The topological polar surface area (TPSA) is 52.0 Å². The van der Waals surface area contributed by atoms with E-state index in [0.29, 0.717) is 0 Å². The predicted octanol–water partition coefficient (Wildman–Crippen LogP) is 1.43. The van der Waals surface area contributed by atoms with Crippen LogP contribution in [0.25, 0.3) is 0 Å². The van der Waals surface area contributed by atoms with Gasteiger partial charge in [-0.1, -0.05) is 18.2 Å². The van der Waals surface area contributed by atoms with E-state index in [2.05, 4.69) is 34.5 Å². The summed E-state index contributed by atoms with van der Waals surface area (Å²) in [7, 11) is 1.98. The van der Waals surface area contributed by atoms with E-state index in [9.17, 15) is 0 Å². The van der Waals surface area contributed by atoms with Gasteiger partial charge in [-0.05, 0) is 25.6 Å². The molecular weight excluding hydrogens is 252 g/mol. The molecule has 2 aromatic rings. The number of fused-ring (bicyclic) bond motifs is 1. The maximum Gasteiger partial charge on any atom is 0.138 e. The number of rotatable bonds is 5. The normalized spacial score (nSPS) is 18.6. The van der Waals surface area contributed by atoms with Crippen LogP contribution in [0.5, 0.6) is 5.75 Å². The van der Waals surface area contributed by atoms with E-state index in [1.165, 1.54) is 5.56 Å². The van der Waals surface area contributed by atoms with E-state index in [1.54, 1.807) is 6.33 Å². The Kier molecular flexibility index (Phi) is 3.69. The number of nitrogens with one attached hydrogen (secondary N) is 1. The second kappa shape index (κ2) is 5.63. The van der Waals surface area contributed by atoms with Crippen LogP contribution < -0.4 is 10.1 Å². The smallest absolute Gasteiger partial charge is 0.138 e. The zero-order chi connectivity index (χ0) is 13.9. The third-order valence-corrected chi connectivity index (χ3v) is 3.89. The lowest BCUT2D eigenvalue weighted by Gasteiger charge is -2.22. The second-order valence-electron chi connectivity index (χ2n) is 5.06. The van der Waals surface area contributed by atoms with Crippen LogP contribution in [0.2, 0.25) is 0 Å². The van der Waals surface area contributed by atoms with Crippen LogP contribution in [-0.4, -0.2) is 34.0 Å². The number of ether oxygens (including phenoxy) is 1. The summed E-state index contributed by atoms with van der Waals surface area (Å²) in [5.74, 6) is 2.01. The summed E-state index contributed by atoms with van der Waals surface area (Å²) in [6, 6.07) is 8.49. The third kappa shape index (κ3) is 2.41. The summed E-state index contributed by atoms with van der Waals surface area (Å²) < 4.78 is 8.00. The molecule has 0 radical (unpaired) electrons. The molecule has 0 fully saturated rings. The van der Waals surface area contributed by atoms with Crippen LogP contribution in [0.4, 0.5) is 0 Å². The van der Waals surface area contributed by atoms with Gasteiger partial charge in [0, 0.05) is 19.4 Å². The van der Waals surface area contributed by atoms with E-state index in [1.807, 2.05) is 23.9 Å². The molecule has 2 heterocycles. The van der Waals surface area contributed by atoms with Gasteiger partial charge in [0.2, 0.25) is 0 Å². The molecule has 2 unspecified atom stereocenters. The summed E-state index contributed by atoms with van der Waals surface area (Å²) in [4.78, 5) is 4.35. The molecular formula is C15H20N4O. The van der Waals surface area contributed by atoms with Crippen molar-refractivity contribution in [1.82, 2.24) is 20.1 Å². The van der Waals surface area contributed by atoms with Gasteiger partial charge in [0.05, 0.1) is 6.04 Å². The van der Waals surface area contributed by atoms with E-state index in [-0.39, 0.29) is 12.1 Å². The molecule has 20 heavy (non-hydrogen) atoms. The number of likely N-dealkylation sites (N-methyl/N-ethyl adjacent to an activating group) is 1. The standard InChI is InChI=1S/C15H20N4O/c1-3-19-15(17-10-18-19)9-12(16-2)14-8-11-6-4-5-7-13(11)20-14/h4-7,10,12,14,16H,3,8-9H2,1-2H3. The largest absolute Gasteiger partial charge is 0.488 e. The van der Waals surface area contributed by atoms with E-state index < -0.39 is 0 Å². The van der Waals surface area contributed by atoms with E-state index >= 15 is 0 Å². The van der Waals surface area contributed by atoms with Crippen molar-refractivity contribution in [3.05, 3.63) is 42.0 Å². The molecule has 106 valence electrons. The highest BCUT2D eigenvalue weighted by molar-refractivity contribution is 5.37. The lowest BCUT2D eigenvalue weighted by Crippen LogP contribution is -2.42. The molecule has 1 aliphatic rings. The van der Waals surface area contributed by atoms with Gasteiger partial charge in [-0.3, -0.25) is 4.68 Å². The summed E-state index contributed by atoms with van der Waals surface area (Å²) in [5.41, 5.74) is 1.29. The van der Waals surface area contributed by atoms with Crippen molar-refractivity contribution < 1.29 is 4.74 Å². The van der Waals surface area contributed by atoms with Crippen molar-refractivity contribution in [3.63, 3.8) is 0 Å². The fraction of sp³-hybridized carbons (Fsp3) is 0.467. The van der Waals surface area contributed by atoms with Crippen LogP contribution in [0.3, 0.4) is 0 Å². The van der Waals surface area contributed by atoms with Gasteiger partial charge in [-0.25, -0.2) is 4.98 Å². The number of aryl methyl sites for hydroxylation is 1. The monoisotopic (exact) mass is 272 g/mol. The minimum Gasteiger partial charge on any atom is -0.488 e. The minimum absolute atomic E-state index is 0.152. The fourth-order valence-corrected chi connectivity index (χ4v) is 2.76. The number of aromatic nitrogens is 3. The van der Waals surface area contributed by atoms with Gasteiger partial charge in [0.25, 0.3) is 0 Å². The van der Waals surface area contributed by atoms with Gasteiger partial charge >= 0.3 is 0 Å². The molecule has 0 bridgehead atoms. The maximum atomic E-state index is 6.06. The zero-order valence-electron chi connectivity index (χ0n) is 11.9. The highest BCUT2D eigenvalue weighted by Gasteiger charge is 2.30. The molecule has 0 saturated carbocycles. The second-order valence-corrected chi connectivity index (χ2v) is 5.06. The van der Waals surface area contributed by atoms with Gasteiger partial charge in [0.15, 0.2) is 0 Å². The Hall–Kier alpha value is -1.88. The Morgan fingerprint density at radius 1 is 1.45 bits per heavy atom. The van der Waals surface area contributed by atoms with Gasteiger partial charge in [-0.15, -0.1) is 0 Å². The van der Waals surface area contributed by atoms with Crippen LogP contribution in [-0.2, 0) is 19.4 Å². The Bertz CT molecular complexity index is 556. The molecule has 0 saturated heterocycles. The molecule has 1 aromatic heterocycles. The van der Waals surface area contributed by atoms with Crippen LogP contribution >= 0.6 is 0 Å². The van der Waals surface area contributed by atoms with Crippen molar-refractivity contribution in [3.8, 4) is 5.75 Å². The molecule has 0 spiro atoms. The molecule has 5 heteroatoms. The maximum absolute atomic E-state index is 6.06. The Morgan fingerprint density at radius 3 is 3.05 bits per heavy atom. The molecule has 2 atom stereocenters. The van der Waals surface area contributed by atoms with Gasteiger partial charge in [-0.2, -0.15) is 5.10 Å². The number of nitrogens with zero attached hydrogens (tertiary/aromatic N) is 3. The van der Waals surface area contributed by atoms with E-state index in [4.69, 9.17) is 4.74 Å². The third-order valence-electron chi connectivity index (χ3n) is 3.89. The average Bonchev–Trinajstić information content (AvgIpc) is 3.10. The molecule has 5 nitrogen and oxygen atoms in total. The molecule has 1 aromatic carbocycles. The van der Waals surface area contributed by atoms with E-state index in [0.717, 1.165) is 31.0 Å². The minimum atomic E-state index is 0.152. The lowest BCUT2D eigenvalue weighted by atomic mass is 10.0. The highest BCUT2D eigenvalue weighted by atomic mass is 16.5. The first-order valence-electron chi connectivity index (χ1n) is 7.10. The SMILES string of the molecule is CCn1ncnc1CC(NC)C1Cc2ccccc2O1. The molecule has 0 aliphatic carbocycles. The van der Waals surface area contributed by atoms with Crippen LogP contribution in [0.1, 0.15) is 18.3 Å². The van der Waals surface area contributed by atoms with Crippen molar-refractivity contribution >= 4 is 0 Å². The van der Waals surface area contributed by atoms with Crippen LogP contribution in [0.15, 0.2) is 30.6 Å². The predicted molar refractivity (Wildman–Crippen MR) is 76.8 cm³/mol. The zero-order valence-corrected chi connectivity index (χ0v) is 11.9. The summed E-state index contributed by atoms with van der Waals surface area (Å²) >= 11 is 0. The molecule has 3 rings (SSSR count). The summed E-state index contributed by atoms with van der Waals surface area (Å²) in [6.07, 6.45) is 3.54. The first-order chi connectivity index (χ1) is 9.81. The summed E-state index contributed by atoms with van der Waals surface area (Å²) in [5, 5.41) is 7.59. The number of para-hydroxylation sites is 1. The van der Waals surface area contributed by atoms with Gasteiger partial charge in [0.1, 0.15) is 24.0 Å². The summed E-state index contributed by atoms with van der Waals surface area (Å²) in [6.45, 7) is 2.92. The molecule has 0 amide bonds. The van der Waals surface area contributed by atoms with Crippen molar-refractivity contribution in [2.45, 2.75) is 38.5 Å². The number of hydrogen-bond donors (Lipinski definition) is 1.